The molecular formula is C47H89NO4. The van der Waals surface area contributed by atoms with Gasteiger partial charge in [-0.15, -0.1) is 0 Å². The molecule has 0 aromatic carbocycles. The molecule has 0 aromatic rings. The number of aliphatic hydroxyl groups is 3. The van der Waals surface area contributed by atoms with Gasteiger partial charge in [0.1, 0.15) is 0 Å². The number of unbranched alkanes of at least 4 members (excludes halogenated alkanes) is 28. The minimum Gasteiger partial charge on any atom is -0.394 e. The van der Waals surface area contributed by atoms with E-state index >= 15 is 0 Å². The highest BCUT2D eigenvalue weighted by Gasteiger charge is 2.20. The first kappa shape index (κ1) is 50.6. The van der Waals surface area contributed by atoms with Gasteiger partial charge in [-0.25, -0.2) is 0 Å². The molecule has 3 unspecified atom stereocenters. The minimum atomic E-state index is -0.953. The molecule has 0 fully saturated rings. The molecule has 0 saturated heterocycles. The van der Waals surface area contributed by atoms with Gasteiger partial charge in [0.2, 0.25) is 5.91 Å². The summed E-state index contributed by atoms with van der Waals surface area (Å²) in [5, 5.41) is 33.2. The largest absolute Gasteiger partial charge is 0.394 e. The van der Waals surface area contributed by atoms with Crippen molar-refractivity contribution in [1.29, 1.82) is 0 Å². The lowest BCUT2D eigenvalue weighted by molar-refractivity contribution is -0.124. The Bertz CT molecular complexity index is 809. The first-order valence-corrected chi connectivity index (χ1v) is 22.8. The van der Waals surface area contributed by atoms with Crippen LogP contribution in [0.3, 0.4) is 0 Å². The first-order chi connectivity index (χ1) is 25.5. The lowest BCUT2D eigenvalue weighted by Crippen LogP contribution is -2.45. The van der Waals surface area contributed by atoms with Gasteiger partial charge in [0, 0.05) is 0 Å². The van der Waals surface area contributed by atoms with Crippen molar-refractivity contribution in [2.45, 2.75) is 250 Å². The quantitative estimate of drug-likeness (QED) is 0.0372. The van der Waals surface area contributed by atoms with E-state index in [9.17, 15) is 20.1 Å². The Labute approximate surface area is 324 Å². The highest BCUT2D eigenvalue weighted by molar-refractivity contribution is 5.76. The van der Waals surface area contributed by atoms with Gasteiger partial charge in [-0.2, -0.15) is 0 Å². The Balaban J connectivity index is 3.71. The summed E-state index contributed by atoms with van der Waals surface area (Å²) in [5.74, 6) is -0.329. The third kappa shape index (κ3) is 38.3. The van der Waals surface area contributed by atoms with Crippen LogP contribution in [0.15, 0.2) is 36.5 Å². The van der Waals surface area contributed by atoms with Crippen LogP contribution < -0.4 is 5.32 Å². The summed E-state index contributed by atoms with van der Waals surface area (Å²) in [7, 11) is 0. The van der Waals surface area contributed by atoms with Crippen molar-refractivity contribution in [2.24, 2.45) is 0 Å². The Morgan fingerprint density at radius 3 is 1.23 bits per heavy atom. The highest BCUT2D eigenvalue weighted by Crippen LogP contribution is 2.15. The Hall–Kier alpha value is -1.43. The Morgan fingerprint density at radius 1 is 0.481 bits per heavy atom. The van der Waals surface area contributed by atoms with E-state index in [2.05, 4.69) is 43.5 Å². The van der Waals surface area contributed by atoms with Gasteiger partial charge in [-0.1, -0.05) is 204 Å². The fourth-order valence-corrected chi connectivity index (χ4v) is 6.88. The zero-order valence-electron chi connectivity index (χ0n) is 34.7. The van der Waals surface area contributed by atoms with Crippen LogP contribution in [-0.4, -0.2) is 46.1 Å². The molecular weight excluding hydrogens is 643 g/mol. The summed E-state index contributed by atoms with van der Waals surface area (Å²) < 4.78 is 0. The summed E-state index contributed by atoms with van der Waals surface area (Å²) >= 11 is 0. The smallest absolute Gasteiger partial charge is 0.222 e. The topological polar surface area (TPSA) is 89.8 Å². The van der Waals surface area contributed by atoms with Gasteiger partial charge in [-0.3, -0.25) is 4.79 Å². The van der Waals surface area contributed by atoms with Crippen LogP contribution in [0.5, 0.6) is 0 Å². The van der Waals surface area contributed by atoms with Gasteiger partial charge in [0.25, 0.3) is 0 Å². The monoisotopic (exact) mass is 732 g/mol. The molecule has 1 amide bonds. The van der Waals surface area contributed by atoms with Gasteiger partial charge < -0.3 is 20.6 Å². The summed E-state index contributed by atoms with van der Waals surface area (Å²) in [6.45, 7) is 4.21. The van der Waals surface area contributed by atoms with E-state index in [-0.39, 0.29) is 18.9 Å². The molecule has 0 heterocycles. The van der Waals surface area contributed by atoms with Crippen molar-refractivity contribution in [3.63, 3.8) is 0 Å². The summed E-state index contributed by atoms with van der Waals surface area (Å²) in [6.07, 6.45) is 52.9. The van der Waals surface area contributed by atoms with Crippen LogP contribution >= 0.6 is 0 Å². The van der Waals surface area contributed by atoms with E-state index in [1.807, 2.05) is 6.08 Å². The molecule has 3 atom stereocenters. The molecule has 0 aromatic heterocycles. The Kier molecular flexibility index (Phi) is 41.1. The second-order valence-electron chi connectivity index (χ2n) is 15.6. The van der Waals surface area contributed by atoms with E-state index < -0.39 is 18.2 Å². The van der Waals surface area contributed by atoms with E-state index in [1.165, 1.54) is 161 Å². The van der Waals surface area contributed by atoms with E-state index in [1.54, 1.807) is 6.08 Å². The number of carbonyl (C=O) groups is 1. The van der Waals surface area contributed by atoms with Crippen LogP contribution in [0.4, 0.5) is 0 Å². The van der Waals surface area contributed by atoms with Gasteiger partial charge in [0.05, 0.1) is 31.3 Å². The second-order valence-corrected chi connectivity index (χ2v) is 15.6. The predicted molar refractivity (Wildman–Crippen MR) is 227 cm³/mol. The van der Waals surface area contributed by atoms with E-state index in [0.29, 0.717) is 6.42 Å². The van der Waals surface area contributed by atoms with Crippen molar-refractivity contribution in [3.8, 4) is 0 Å². The molecule has 5 heteroatoms. The maximum atomic E-state index is 12.4. The average Bonchev–Trinajstić information content (AvgIpc) is 3.14. The van der Waals surface area contributed by atoms with Gasteiger partial charge >= 0.3 is 0 Å². The molecule has 4 N–H and O–H groups in total. The Morgan fingerprint density at radius 2 is 0.827 bits per heavy atom. The number of allylic oxidation sites excluding steroid dienone is 5. The number of hydrogen-bond donors (Lipinski definition) is 4. The molecule has 0 aliphatic rings. The van der Waals surface area contributed by atoms with Crippen molar-refractivity contribution in [3.05, 3.63) is 36.5 Å². The van der Waals surface area contributed by atoms with Crippen molar-refractivity contribution >= 4 is 5.91 Å². The molecule has 0 spiro atoms. The molecule has 0 aliphatic carbocycles. The summed E-state index contributed by atoms with van der Waals surface area (Å²) in [6, 6.07) is -0.763. The van der Waals surface area contributed by atoms with Gasteiger partial charge in [0.15, 0.2) is 0 Å². The molecule has 0 bridgehead atoms. The first-order valence-electron chi connectivity index (χ1n) is 22.8. The zero-order valence-corrected chi connectivity index (χ0v) is 34.7. The van der Waals surface area contributed by atoms with Crippen molar-refractivity contribution in [2.75, 3.05) is 6.61 Å². The fraction of sp³-hybridized carbons (Fsp3) is 0.851. The standard InChI is InChI=1S/C47H89NO4/c1-3-5-7-9-11-13-15-17-19-21-23-25-27-29-31-33-35-37-39-41-46(51)45(43-49)48-47(52)42-44(50)40-38-36-34-32-30-28-26-24-22-20-18-16-14-12-10-8-6-4-2/h24,26,31,33,39,41,44-46,49-51H,3-23,25,27-30,32,34-38,40,42-43H2,1-2H3,(H,48,52)/b26-24-,33-31+,41-39+. The lowest BCUT2D eigenvalue weighted by atomic mass is 10.0. The maximum Gasteiger partial charge on any atom is 0.222 e. The maximum absolute atomic E-state index is 12.4. The van der Waals surface area contributed by atoms with E-state index in [0.717, 1.165) is 44.9 Å². The third-order valence-electron chi connectivity index (χ3n) is 10.4. The minimum absolute atomic E-state index is 0.000731. The van der Waals surface area contributed by atoms with Crippen molar-refractivity contribution < 1.29 is 20.1 Å². The molecule has 306 valence electrons. The molecule has 0 radical (unpaired) electrons. The summed E-state index contributed by atoms with van der Waals surface area (Å²) in [4.78, 5) is 12.4. The number of hydrogen-bond acceptors (Lipinski definition) is 4. The van der Waals surface area contributed by atoms with Crippen LogP contribution in [0, 0.1) is 0 Å². The molecule has 0 aliphatic heterocycles. The number of carbonyl (C=O) groups excluding carboxylic acids is 1. The van der Waals surface area contributed by atoms with Crippen LogP contribution in [-0.2, 0) is 4.79 Å². The third-order valence-corrected chi connectivity index (χ3v) is 10.4. The molecule has 0 rings (SSSR count). The second kappa shape index (κ2) is 42.3. The number of amides is 1. The molecule has 52 heavy (non-hydrogen) atoms. The van der Waals surface area contributed by atoms with E-state index in [4.69, 9.17) is 0 Å². The SMILES string of the molecule is CCCCCCCCCCC/C=C\CCCCCCCC(O)CC(=O)NC(CO)C(O)/C=C/CC/C=C/CCCCCCCCCCCCCCC. The molecule has 5 nitrogen and oxygen atoms in total. The lowest BCUT2D eigenvalue weighted by Gasteiger charge is -2.20. The van der Waals surface area contributed by atoms with Crippen molar-refractivity contribution in [1.82, 2.24) is 5.32 Å². The highest BCUT2D eigenvalue weighted by atomic mass is 16.3. The number of rotatable bonds is 41. The fourth-order valence-electron chi connectivity index (χ4n) is 6.88. The number of aliphatic hydroxyl groups excluding tert-OH is 3. The predicted octanol–water partition coefficient (Wildman–Crippen LogP) is 13.2. The van der Waals surface area contributed by atoms with Crippen LogP contribution in [0.25, 0.3) is 0 Å². The normalized spacial score (nSPS) is 13.9. The summed E-state index contributed by atoms with van der Waals surface area (Å²) in [5.41, 5.74) is 0. The van der Waals surface area contributed by atoms with Gasteiger partial charge in [-0.05, 0) is 57.8 Å². The molecule has 0 saturated carbocycles. The van der Waals surface area contributed by atoms with Crippen LogP contribution in [0.1, 0.15) is 232 Å². The zero-order chi connectivity index (χ0) is 38.0. The number of nitrogens with one attached hydrogen (secondary N) is 1. The average molecular weight is 732 g/mol. The van der Waals surface area contributed by atoms with Crippen LogP contribution in [0.2, 0.25) is 0 Å².